The van der Waals surface area contributed by atoms with Crippen molar-refractivity contribution >= 4 is 27.5 Å². The molecule has 0 heterocycles. The van der Waals surface area contributed by atoms with E-state index in [4.69, 9.17) is 11.6 Å². The van der Waals surface area contributed by atoms with Crippen LogP contribution in [0, 0.1) is 11.6 Å². The highest BCUT2D eigenvalue weighted by molar-refractivity contribution is 9.10. The summed E-state index contributed by atoms with van der Waals surface area (Å²) in [6, 6.07) is 10.0. The quantitative estimate of drug-likeness (QED) is 0.766. The average molecular weight is 361 g/mol. The van der Waals surface area contributed by atoms with E-state index in [0.717, 1.165) is 11.6 Å². The molecule has 20 heavy (non-hydrogen) atoms. The highest BCUT2D eigenvalue weighted by Crippen LogP contribution is 2.30. The van der Waals surface area contributed by atoms with Crippen molar-refractivity contribution in [3.05, 3.63) is 68.7 Å². The van der Waals surface area contributed by atoms with Gasteiger partial charge in [0, 0.05) is 11.1 Å². The van der Waals surface area contributed by atoms with Gasteiger partial charge < -0.3 is 5.32 Å². The van der Waals surface area contributed by atoms with Crippen molar-refractivity contribution in [3.8, 4) is 0 Å². The van der Waals surface area contributed by atoms with E-state index in [9.17, 15) is 8.78 Å². The molecule has 0 aromatic heterocycles. The van der Waals surface area contributed by atoms with Crippen molar-refractivity contribution in [2.45, 2.75) is 12.5 Å². The van der Waals surface area contributed by atoms with Gasteiger partial charge in [0.2, 0.25) is 0 Å². The number of likely N-dealkylation sites (N-methyl/N-ethyl adjacent to an activating group) is 1. The summed E-state index contributed by atoms with van der Waals surface area (Å²) in [7, 11) is 1.78. The van der Waals surface area contributed by atoms with E-state index in [2.05, 4.69) is 21.2 Å². The largest absolute Gasteiger partial charge is 0.313 e. The fourth-order valence-corrected chi connectivity index (χ4v) is 2.89. The first kappa shape index (κ1) is 15.4. The summed E-state index contributed by atoms with van der Waals surface area (Å²) < 4.78 is 26.9. The van der Waals surface area contributed by atoms with Crippen molar-refractivity contribution in [1.82, 2.24) is 5.32 Å². The first-order chi connectivity index (χ1) is 9.52. The fourth-order valence-electron chi connectivity index (χ4n) is 2.08. The van der Waals surface area contributed by atoms with Crippen LogP contribution >= 0.6 is 27.5 Å². The lowest BCUT2D eigenvalue weighted by Gasteiger charge is -2.19. The molecular formula is C15H13BrClF2N. The molecule has 0 fully saturated rings. The van der Waals surface area contributed by atoms with Gasteiger partial charge in [-0.05, 0) is 58.7 Å². The molecule has 2 rings (SSSR count). The van der Waals surface area contributed by atoms with Crippen molar-refractivity contribution in [1.29, 1.82) is 0 Å². The molecule has 0 spiro atoms. The van der Waals surface area contributed by atoms with Gasteiger partial charge in [0.25, 0.3) is 0 Å². The van der Waals surface area contributed by atoms with Gasteiger partial charge >= 0.3 is 0 Å². The second-order valence-corrected chi connectivity index (χ2v) is 5.67. The Morgan fingerprint density at radius 1 is 1.25 bits per heavy atom. The highest BCUT2D eigenvalue weighted by atomic mass is 79.9. The second-order valence-electron chi connectivity index (χ2n) is 4.44. The Morgan fingerprint density at radius 2 is 2.00 bits per heavy atom. The summed E-state index contributed by atoms with van der Waals surface area (Å²) in [4.78, 5) is 0. The van der Waals surface area contributed by atoms with E-state index in [-0.39, 0.29) is 10.5 Å². The second kappa shape index (κ2) is 6.66. The lowest BCUT2D eigenvalue weighted by molar-refractivity contribution is 0.495. The van der Waals surface area contributed by atoms with E-state index in [0.29, 0.717) is 17.0 Å². The van der Waals surface area contributed by atoms with Gasteiger partial charge in [-0.3, -0.25) is 0 Å². The third kappa shape index (κ3) is 3.37. The van der Waals surface area contributed by atoms with Crippen LogP contribution in [0.1, 0.15) is 17.2 Å². The SMILES string of the molecule is CNC(Cc1cccc(Cl)c1)c1ccc(F)c(F)c1Br. The fraction of sp³-hybridized carbons (Fsp3) is 0.200. The van der Waals surface area contributed by atoms with Gasteiger partial charge in [-0.1, -0.05) is 29.8 Å². The van der Waals surface area contributed by atoms with Crippen LogP contribution in [0.25, 0.3) is 0 Å². The molecule has 1 unspecified atom stereocenters. The first-order valence-electron chi connectivity index (χ1n) is 6.08. The molecule has 106 valence electrons. The molecule has 2 aromatic rings. The number of hydrogen-bond acceptors (Lipinski definition) is 1. The Bertz CT molecular complexity index is 619. The zero-order valence-corrected chi connectivity index (χ0v) is 13.1. The molecule has 0 saturated heterocycles. The van der Waals surface area contributed by atoms with E-state index in [1.54, 1.807) is 19.2 Å². The van der Waals surface area contributed by atoms with Crippen LogP contribution in [0.2, 0.25) is 5.02 Å². The minimum Gasteiger partial charge on any atom is -0.313 e. The zero-order valence-electron chi connectivity index (χ0n) is 10.8. The van der Waals surface area contributed by atoms with Crippen LogP contribution in [0.5, 0.6) is 0 Å². The van der Waals surface area contributed by atoms with Gasteiger partial charge in [-0.2, -0.15) is 0 Å². The Labute approximate surface area is 130 Å². The van der Waals surface area contributed by atoms with Crippen molar-refractivity contribution in [3.63, 3.8) is 0 Å². The number of benzene rings is 2. The number of hydrogen-bond donors (Lipinski definition) is 1. The van der Waals surface area contributed by atoms with Gasteiger partial charge in [0.15, 0.2) is 11.6 Å². The van der Waals surface area contributed by atoms with E-state index in [1.807, 2.05) is 18.2 Å². The predicted octanol–water partition coefficient (Wildman–Crippen LogP) is 4.88. The minimum atomic E-state index is -0.867. The van der Waals surface area contributed by atoms with Crippen molar-refractivity contribution < 1.29 is 8.78 Å². The van der Waals surface area contributed by atoms with Gasteiger partial charge in [-0.15, -0.1) is 0 Å². The maximum atomic E-state index is 13.6. The standard InChI is InChI=1S/C15H13BrClF2N/c1-20-13(8-9-3-2-4-10(17)7-9)11-5-6-12(18)15(19)14(11)16/h2-7,13,20H,8H2,1H3. The molecule has 0 aliphatic rings. The summed E-state index contributed by atoms with van der Waals surface area (Å²) >= 11 is 9.07. The monoisotopic (exact) mass is 359 g/mol. The molecular weight excluding hydrogens is 348 g/mol. The molecule has 0 aliphatic heterocycles. The van der Waals surface area contributed by atoms with Crippen LogP contribution in [-0.2, 0) is 6.42 Å². The highest BCUT2D eigenvalue weighted by Gasteiger charge is 2.18. The molecule has 0 bridgehead atoms. The molecule has 0 aliphatic carbocycles. The van der Waals surface area contributed by atoms with Crippen molar-refractivity contribution in [2.75, 3.05) is 7.05 Å². The summed E-state index contributed by atoms with van der Waals surface area (Å²) in [5.74, 6) is -1.73. The minimum absolute atomic E-state index is 0.141. The Morgan fingerprint density at radius 3 is 2.65 bits per heavy atom. The normalized spacial score (nSPS) is 12.4. The van der Waals surface area contributed by atoms with Gasteiger partial charge in [0.05, 0.1) is 4.47 Å². The molecule has 5 heteroatoms. The molecule has 1 atom stereocenters. The van der Waals surface area contributed by atoms with Gasteiger partial charge in [-0.25, -0.2) is 8.78 Å². The smallest absolute Gasteiger partial charge is 0.173 e. The molecule has 1 N–H and O–H groups in total. The lowest BCUT2D eigenvalue weighted by atomic mass is 9.99. The maximum absolute atomic E-state index is 13.6. The molecule has 0 amide bonds. The Balaban J connectivity index is 2.31. The Kier molecular flexibility index (Phi) is 5.13. The number of rotatable bonds is 4. The lowest BCUT2D eigenvalue weighted by Crippen LogP contribution is -2.20. The van der Waals surface area contributed by atoms with E-state index < -0.39 is 11.6 Å². The van der Waals surface area contributed by atoms with Crippen LogP contribution in [0.4, 0.5) is 8.78 Å². The van der Waals surface area contributed by atoms with E-state index >= 15 is 0 Å². The summed E-state index contributed by atoms with van der Waals surface area (Å²) in [5, 5.41) is 3.77. The first-order valence-corrected chi connectivity index (χ1v) is 7.25. The summed E-state index contributed by atoms with van der Waals surface area (Å²) in [6.07, 6.45) is 0.626. The van der Waals surface area contributed by atoms with E-state index in [1.165, 1.54) is 0 Å². The van der Waals surface area contributed by atoms with Crippen molar-refractivity contribution in [2.24, 2.45) is 0 Å². The molecule has 1 nitrogen and oxygen atoms in total. The van der Waals surface area contributed by atoms with Crippen LogP contribution < -0.4 is 5.32 Å². The predicted molar refractivity (Wildman–Crippen MR) is 81.0 cm³/mol. The van der Waals surface area contributed by atoms with Crippen LogP contribution in [0.3, 0.4) is 0 Å². The Hall–Kier alpha value is -0.970. The topological polar surface area (TPSA) is 12.0 Å². The third-order valence-electron chi connectivity index (χ3n) is 3.12. The third-order valence-corrected chi connectivity index (χ3v) is 4.16. The van der Waals surface area contributed by atoms with Crippen LogP contribution in [0.15, 0.2) is 40.9 Å². The molecule has 0 saturated carbocycles. The molecule has 2 aromatic carbocycles. The zero-order chi connectivity index (χ0) is 14.7. The average Bonchev–Trinajstić information content (AvgIpc) is 2.43. The number of nitrogens with one attached hydrogen (secondary N) is 1. The number of halogens is 4. The maximum Gasteiger partial charge on any atom is 0.173 e. The van der Waals surface area contributed by atoms with Crippen LogP contribution in [-0.4, -0.2) is 7.05 Å². The van der Waals surface area contributed by atoms with Gasteiger partial charge in [0.1, 0.15) is 0 Å². The summed E-state index contributed by atoms with van der Waals surface area (Å²) in [5.41, 5.74) is 1.69. The summed E-state index contributed by atoms with van der Waals surface area (Å²) in [6.45, 7) is 0. The molecule has 0 radical (unpaired) electrons.